The van der Waals surface area contributed by atoms with Gasteiger partial charge in [-0.15, -0.1) is 0 Å². The van der Waals surface area contributed by atoms with Crippen molar-refractivity contribution in [3.63, 3.8) is 0 Å². The van der Waals surface area contributed by atoms with Crippen LogP contribution in [0.5, 0.6) is 0 Å². The number of H-pyrrole nitrogens is 1. The largest absolute Gasteiger partial charge is 0.307 e. The molecule has 12 heavy (non-hydrogen) atoms. The first-order valence-electron chi connectivity index (χ1n) is 3.42. The third-order valence-electron chi connectivity index (χ3n) is 1.59. The minimum Gasteiger partial charge on any atom is -0.307 e. The highest BCUT2D eigenvalue weighted by Gasteiger charge is 2.03. The molecule has 0 fully saturated rings. The van der Waals surface area contributed by atoms with E-state index in [9.17, 15) is 4.79 Å². The van der Waals surface area contributed by atoms with Crippen LogP contribution in [0.25, 0.3) is 5.52 Å². The molecule has 5 heteroatoms. The normalized spacial score (nSPS) is 10.8. The first-order chi connectivity index (χ1) is 5.68. The number of nitrogens with zero attached hydrogens (tertiary/aromatic N) is 2. The Morgan fingerprint density at radius 2 is 2.33 bits per heavy atom. The Morgan fingerprint density at radius 1 is 1.58 bits per heavy atom. The van der Waals surface area contributed by atoms with E-state index in [1.807, 2.05) is 0 Å². The number of aromatic nitrogens is 3. The van der Waals surface area contributed by atoms with E-state index in [2.05, 4.69) is 10.1 Å². The smallest absolute Gasteiger partial charge is 0.275 e. The van der Waals surface area contributed by atoms with Gasteiger partial charge in [-0.25, -0.2) is 4.52 Å². The van der Waals surface area contributed by atoms with Crippen LogP contribution in [0.2, 0.25) is 5.15 Å². The van der Waals surface area contributed by atoms with Gasteiger partial charge in [-0.3, -0.25) is 4.79 Å². The Kier molecular flexibility index (Phi) is 1.44. The second-order valence-corrected chi connectivity index (χ2v) is 2.88. The lowest BCUT2D eigenvalue weighted by atomic mass is 10.5. The molecule has 2 aromatic rings. The molecule has 0 aliphatic rings. The molecular formula is C7H6ClN3O. The molecule has 1 N–H and O–H groups in total. The van der Waals surface area contributed by atoms with Crippen molar-refractivity contribution in [2.45, 2.75) is 6.92 Å². The van der Waals surface area contributed by atoms with Gasteiger partial charge in [0.05, 0.1) is 0 Å². The fourth-order valence-electron chi connectivity index (χ4n) is 1.08. The van der Waals surface area contributed by atoms with Gasteiger partial charge in [-0.05, 0) is 19.1 Å². The summed E-state index contributed by atoms with van der Waals surface area (Å²) in [6.45, 7) is 1.71. The molecule has 4 nitrogen and oxygen atoms in total. The van der Waals surface area contributed by atoms with Crippen molar-refractivity contribution in [2.75, 3.05) is 0 Å². The average Bonchev–Trinajstić information content (AvgIpc) is 2.33. The molecule has 0 amide bonds. The zero-order valence-corrected chi connectivity index (χ0v) is 7.09. The summed E-state index contributed by atoms with van der Waals surface area (Å²) in [6, 6.07) is 3.27. The second kappa shape index (κ2) is 2.35. The maximum absolute atomic E-state index is 11.2. The minimum atomic E-state index is -0.172. The molecule has 2 heterocycles. The Hall–Kier alpha value is -1.29. The Labute approximate surface area is 72.8 Å². The van der Waals surface area contributed by atoms with Crippen LogP contribution in [-0.2, 0) is 0 Å². The van der Waals surface area contributed by atoms with E-state index in [4.69, 9.17) is 11.6 Å². The molecule has 0 aliphatic carbocycles. The summed E-state index contributed by atoms with van der Waals surface area (Å²) in [6.07, 6.45) is 0. The van der Waals surface area contributed by atoms with Gasteiger partial charge < -0.3 is 4.98 Å². The molecule has 0 saturated heterocycles. The van der Waals surface area contributed by atoms with E-state index in [-0.39, 0.29) is 5.56 Å². The highest BCUT2D eigenvalue weighted by Crippen LogP contribution is 2.09. The summed E-state index contributed by atoms with van der Waals surface area (Å²) >= 11 is 5.76. The summed E-state index contributed by atoms with van der Waals surface area (Å²) in [5, 5.41) is 4.47. The van der Waals surface area contributed by atoms with Crippen molar-refractivity contribution in [1.82, 2.24) is 14.6 Å². The van der Waals surface area contributed by atoms with Gasteiger partial charge in [-0.2, -0.15) is 5.10 Å². The molecule has 0 atom stereocenters. The van der Waals surface area contributed by atoms with E-state index in [0.717, 1.165) is 0 Å². The third kappa shape index (κ3) is 0.921. The van der Waals surface area contributed by atoms with Crippen molar-refractivity contribution in [3.05, 3.63) is 33.5 Å². The molecule has 62 valence electrons. The molecule has 0 aromatic carbocycles. The standard InChI is InChI=1S/C7H6ClN3O/c1-4-9-7(12)5-2-3-6(8)11(5)10-4/h2-3H,1H3,(H,9,10,12). The maximum atomic E-state index is 11.2. The third-order valence-corrected chi connectivity index (χ3v) is 1.87. The first-order valence-corrected chi connectivity index (χ1v) is 3.80. The average molecular weight is 184 g/mol. The van der Waals surface area contributed by atoms with Gasteiger partial charge in [0.1, 0.15) is 16.5 Å². The van der Waals surface area contributed by atoms with Crippen molar-refractivity contribution >= 4 is 17.1 Å². The van der Waals surface area contributed by atoms with Crippen molar-refractivity contribution < 1.29 is 0 Å². The molecule has 0 bridgehead atoms. The monoisotopic (exact) mass is 183 g/mol. The highest BCUT2D eigenvalue weighted by atomic mass is 35.5. The maximum Gasteiger partial charge on any atom is 0.275 e. The lowest BCUT2D eigenvalue weighted by Crippen LogP contribution is -2.13. The second-order valence-electron chi connectivity index (χ2n) is 2.49. The SMILES string of the molecule is Cc1nn2c(Cl)ccc2c(=O)[nH]1. The number of nitrogens with one attached hydrogen (secondary N) is 1. The van der Waals surface area contributed by atoms with E-state index in [1.54, 1.807) is 19.1 Å². The molecule has 0 unspecified atom stereocenters. The quantitative estimate of drug-likeness (QED) is 0.662. The lowest BCUT2D eigenvalue weighted by Gasteiger charge is -1.95. The van der Waals surface area contributed by atoms with Crippen LogP contribution in [0.15, 0.2) is 16.9 Å². The first kappa shape index (κ1) is 7.36. The van der Waals surface area contributed by atoms with Crippen molar-refractivity contribution in [3.8, 4) is 0 Å². The van der Waals surface area contributed by atoms with Crippen LogP contribution in [0.1, 0.15) is 5.82 Å². The molecule has 0 saturated carbocycles. The van der Waals surface area contributed by atoms with Crippen LogP contribution in [-0.4, -0.2) is 14.6 Å². The van der Waals surface area contributed by atoms with Crippen molar-refractivity contribution in [1.29, 1.82) is 0 Å². The van der Waals surface area contributed by atoms with Crippen LogP contribution in [0.3, 0.4) is 0 Å². The van der Waals surface area contributed by atoms with Gasteiger partial charge in [0.15, 0.2) is 0 Å². The Balaban J connectivity index is 3.03. The Bertz CT molecular complexity index is 485. The summed E-state index contributed by atoms with van der Waals surface area (Å²) in [5.41, 5.74) is 0.292. The fourth-order valence-corrected chi connectivity index (χ4v) is 1.27. The van der Waals surface area contributed by atoms with Gasteiger partial charge in [-0.1, -0.05) is 11.6 Å². The summed E-state index contributed by atoms with van der Waals surface area (Å²) < 4.78 is 1.41. The molecule has 2 rings (SSSR count). The Morgan fingerprint density at radius 3 is 3.08 bits per heavy atom. The van der Waals surface area contributed by atoms with E-state index < -0.39 is 0 Å². The minimum absolute atomic E-state index is 0.172. The van der Waals surface area contributed by atoms with Gasteiger partial charge in [0.2, 0.25) is 0 Å². The fraction of sp³-hybridized carbons (Fsp3) is 0.143. The number of hydrogen-bond acceptors (Lipinski definition) is 2. The van der Waals surface area contributed by atoms with Gasteiger partial charge in [0.25, 0.3) is 5.56 Å². The number of hydrogen-bond donors (Lipinski definition) is 1. The molecule has 2 aromatic heterocycles. The predicted octanol–water partition coefficient (Wildman–Crippen LogP) is 0.984. The van der Waals surface area contributed by atoms with Gasteiger partial charge in [0, 0.05) is 0 Å². The van der Waals surface area contributed by atoms with E-state index >= 15 is 0 Å². The topological polar surface area (TPSA) is 50.2 Å². The number of aromatic amines is 1. The molecule has 0 spiro atoms. The highest BCUT2D eigenvalue weighted by molar-refractivity contribution is 6.29. The number of fused-ring (bicyclic) bond motifs is 1. The predicted molar refractivity (Wildman–Crippen MR) is 45.6 cm³/mol. The van der Waals surface area contributed by atoms with Crippen LogP contribution >= 0.6 is 11.6 Å². The van der Waals surface area contributed by atoms with Gasteiger partial charge >= 0.3 is 0 Å². The van der Waals surface area contributed by atoms with Crippen molar-refractivity contribution in [2.24, 2.45) is 0 Å². The molecular weight excluding hydrogens is 178 g/mol. The summed E-state index contributed by atoms with van der Waals surface area (Å²) in [4.78, 5) is 13.8. The van der Waals surface area contributed by atoms with Crippen LogP contribution in [0, 0.1) is 6.92 Å². The van der Waals surface area contributed by atoms with Crippen LogP contribution < -0.4 is 5.56 Å². The van der Waals surface area contributed by atoms with E-state index in [1.165, 1.54) is 4.52 Å². The zero-order valence-electron chi connectivity index (χ0n) is 6.34. The molecule has 0 aliphatic heterocycles. The summed E-state index contributed by atoms with van der Waals surface area (Å²) in [7, 11) is 0. The number of aryl methyl sites for hydroxylation is 1. The number of rotatable bonds is 0. The number of halogens is 1. The summed E-state index contributed by atoms with van der Waals surface area (Å²) in [5.74, 6) is 0.547. The lowest BCUT2D eigenvalue weighted by molar-refractivity contribution is 0.843. The van der Waals surface area contributed by atoms with Crippen LogP contribution in [0.4, 0.5) is 0 Å². The molecule has 0 radical (unpaired) electrons. The van der Waals surface area contributed by atoms with E-state index in [0.29, 0.717) is 16.5 Å². The zero-order chi connectivity index (χ0) is 8.72.